The number of rotatable bonds is 6. The number of carbonyl (C=O) groups excluding carboxylic acids is 1. The van der Waals surface area contributed by atoms with Gasteiger partial charge < -0.3 is 4.74 Å². The minimum atomic E-state index is -3.23. The van der Waals surface area contributed by atoms with Crippen molar-refractivity contribution in [2.24, 2.45) is 4.99 Å². The quantitative estimate of drug-likeness (QED) is 0.403. The van der Waals surface area contributed by atoms with Crippen molar-refractivity contribution in [3.63, 3.8) is 0 Å². The summed E-state index contributed by atoms with van der Waals surface area (Å²) in [5.41, 5.74) is 0. The lowest BCUT2D eigenvalue weighted by molar-refractivity contribution is 0.198. The van der Waals surface area contributed by atoms with Crippen LogP contribution in [0.2, 0.25) is 0 Å². The fraction of sp³-hybridized carbons (Fsp3) is 0.909. The summed E-state index contributed by atoms with van der Waals surface area (Å²) in [6, 6.07) is -0.212. The van der Waals surface area contributed by atoms with Crippen LogP contribution in [0.4, 0.5) is 0 Å². The van der Waals surface area contributed by atoms with Crippen LogP contribution in [0, 0.1) is 0 Å². The van der Waals surface area contributed by atoms with Crippen molar-refractivity contribution in [1.82, 2.24) is 4.31 Å². The summed E-state index contributed by atoms with van der Waals surface area (Å²) in [6.07, 6.45) is 3.21. The Morgan fingerprint density at radius 1 is 1.50 bits per heavy atom. The highest BCUT2D eigenvalue weighted by Gasteiger charge is 2.32. The Labute approximate surface area is 108 Å². The molecule has 0 radical (unpaired) electrons. The number of isocyanates is 1. The molecule has 1 aliphatic rings. The van der Waals surface area contributed by atoms with Gasteiger partial charge in [0, 0.05) is 26.3 Å². The van der Waals surface area contributed by atoms with E-state index in [1.54, 1.807) is 13.2 Å². The maximum absolute atomic E-state index is 12.1. The van der Waals surface area contributed by atoms with E-state index < -0.39 is 10.0 Å². The summed E-state index contributed by atoms with van der Waals surface area (Å²) in [5.74, 6) is 0.104. The minimum Gasteiger partial charge on any atom is -0.385 e. The number of sulfonamides is 1. The van der Waals surface area contributed by atoms with E-state index in [1.165, 1.54) is 4.31 Å². The molecule has 0 aromatic heterocycles. The molecule has 2 atom stereocenters. The standard InChI is InChI=1S/C11H20N2O4S/c1-10-8-11(12-9-14)4-5-13(10)18(15,16)7-3-6-17-2/h10-11H,3-8H2,1-2H3. The van der Waals surface area contributed by atoms with Crippen LogP contribution in [-0.2, 0) is 19.6 Å². The van der Waals surface area contributed by atoms with E-state index in [0.717, 1.165) is 0 Å². The van der Waals surface area contributed by atoms with Gasteiger partial charge in [0.15, 0.2) is 0 Å². The SMILES string of the molecule is COCCCS(=O)(=O)N1CCC(N=C=O)CC1C. The highest BCUT2D eigenvalue weighted by Crippen LogP contribution is 2.23. The minimum absolute atomic E-state index is 0.0945. The number of hydrogen-bond acceptors (Lipinski definition) is 5. The zero-order chi connectivity index (χ0) is 13.6. The predicted octanol–water partition coefficient (Wildman–Crippen LogP) is 0.541. The number of ether oxygens (including phenoxy) is 1. The molecule has 104 valence electrons. The second kappa shape index (κ2) is 6.99. The second-order valence-corrected chi connectivity index (χ2v) is 6.56. The first-order valence-electron chi connectivity index (χ1n) is 6.06. The highest BCUT2D eigenvalue weighted by molar-refractivity contribution is 7.89. The molecule has 0 amide bonds. The van der Waals surface area contributed by atoms with Crippen molar-refractivity contribution < 1.29 is 17.9 Å². The van der Waals surface area contributed by atoms with Gasteiger partial charge in [-0.2, -0.15) is 4.31 Å². The van der Waals surface area contributed by atoms with Crippen LogP contribution in [0.5, 0.6) is 0 Å². The molecule has 0 aromatic carbocycles. The predicted molar refractivity (Wildman–Crippen MR) is 67.6 cm³/mol. The largest absolute Gasteiger partial charge is 0.385 e. The van der Waals surface area contributed by atoms with Gasteiger partial charge in [0.1, 0.15) is 0 Å². The van der Waals surface area contributed by atoms with Gasteiger partial charge >= 0.3 is 0 Å². The average Bonchev–Trinajstić information content (AvgIpc) is 2.29. The molecular weight excluding hydrogens is 256 g/mol. The van der Waals surface area contributed by atoms with E-state index in [2.05, 4.69) is 4.99 Å². The number of methoxy groups -OCH3 is 1. The van der Waals surface area contributed by atoms with Gasteiger partial charge in [0.2, 0.25) is 16.1 Å². The molecule has 0 bridgehead atoms. The topological polar surface area (TPSA) is 76.0 Å². The third-order valence-corrected chi connectivity index (χ3v) is 5.19. The van der Waals surface area contributed by atoms with Crippen molar-refractivity contribution in [3.05, 3.63) is 0 Å². The molecule has 0 saturated carbocycles. The molecule has 1 aliphatic heterocycles. The molecule has 7 heteroatoms. The molecule has 1 rings (SSSR count). The van der Waals surface area contributed by atoms with Gasteiger partial charge in [-0.1, -0.05) is 0 Å². The first-order chi connectivity index (χ1) is 8.51. The Kier molecular flexibility index (Phi) is 5.95. The molecule has 6 nitrogen and oxygen atoms in total. The fourth-order valence-electron chi connectivity index (χ4n) is 2.23. The number of piperidine rings is 1. The molecular formula is C11H20N2O4S. The summed E-state index contributed by atoms with van der Waals surface area (Å²) < 4.78 is 30.6. The Bertz CT molecular complexity index is 403. The molecule has 0 spiro atoms. The average molecular weight is 276 g/mol. The first kappa shape index (κ1) is 15.3. The van der Waals surface area contributed by atoms with Crippen LogP contribution in [0.25, 0.3) is 0 Å². The molecule has 1 saturated heterocycles. The fourth-order valence-corrected chi connectivity index (χ4v) is 3.97. The van der Waals surface area contributed by atoms with E-state index in [-0.39, 0.29) is 17.8 Å². The van der Waals surface area contributed by atoms with Crippen molar-refractivity contribution in [2.45, 2.75) is 38.3 Å². The van der Waals surface area contributed by atoms with Crippen LogP contribution in [0.1, 0.15) is 26.2 Å². The Morgan fingerprint density at radius 2 is 2.22 bits per heavy atom. The van der Waals surface area contributed by atoms with Crippen LogP contribution >= 0.6 is 0 Å². The van der Waals surface area contributed by atoms with Crippen molar-refractivity contribution in [1.29, 1.82) is 0 Å². The van der Waals surface area contributed by atoms with E-state index in [0.29, 0.717) is 32.4 Å². The molecule has 2 unspecified atom stereocenters. The lowest BCUT2D eigenvalue weighted by atomic mass is 10.0. The maximum atomic E-state index is 12.1. The van der Waals surface area contributed by atoms with Gasteiger partial charge in [0.25, 0.3) is 0 Å². The zero-order valence-electron chi connectivity index (χ0n) is 10.8. The molecule has 18 heavy (non-hydrogen) atoms. The summed E-state index contributed by atoms with van der Waals surface area (Å²) >= 11 is 0. The van der Waals surface area contributed by atoms with Gasteiger partial charge in [-0.05, 0) is 26.2 Å². The molecule has 0 N–H and O–H groups in total. The lowest BCUT2D eigenvalue weighted by Gasteiger charge is -2.34. The van der Waals surface area contributed by atoms with Crippen LogP contribution in [0.15, 0.2) is 4.99 Å². The van der Waals surface area contributed by atoms with Gasteiger partial charge in [-0.3, -0.25) is 0 Å². The Hall–Kier alpha value is -0.750. The van der Waals surface area contributed by atoms with Gasteiger partial charge in [-0.15, -0.1) is 0 Å². The van der Waals surface area contributed by atoms with Crippen molar-refractivity contribution in [2.75, 3.05) is 26.0 Å². The molecule has 1 fully saturated rings. The van der Waals surface area contributed by atoms with Crippen LogP contribution in [0.3, 0.4) is 0 Å². The number of hydrogen-bond donors (Lipinski definition) is 0. The normalized spacial score (nSPS) is 25.7. The molecule has 0 aliphatic carbocycles. The first-order valence-corrected chi connectivity index (χ1v) is 7.67. The Morgan fingerprint density at radius 3 is 2.78 bits per heavy atom. The third kappa shape index (κ3) is 4.17. The lowest BCUT2D eigenvalue weighted by Crippen LogP contribution is -2.46. The maximum Gasteiger partial charge on any atom is 0.235 e. The van der Waals surface area contributed by atoms with E-state index in [9.17, 15) is 13.2 Å². The summed E-state index contributed by atoms with van der Waals surface area (Å²) in [6.45, 7) is 2.71. The third-order valence-electron chi connectivity index (χ3n) is 3.13. The van der Waals surface area contributed by atoms with E-state index in [1.807, 2.05) is 6.92 Å². The zero-order valence-corrected chi connectivity index (χ0v) is 11.6. The summed E-state index contributed by atoms with van der Waals surface area (Å²) in [7, 11) is -1.68. The van der Waals surface area contributed by atoms with Gasteiger partial charge in [0.05, 0.1) is 11.8 Å². The smallest absolute Gasteiger partial charge is 0.235 e. The molecule has 1 heterocycles. The second-order valence-electron chi connectivity index (χ2n) is 4.52. The summed E-state index contributed by atoms with van der Waals surface area (Å²) in [4.78, 5) is 13.9. The summed E-state index contributed by atoms with van der Waals surface area (Å²) in [5, 5.41) is 0. The van der Waals surface area contributed by atoms with Crippen LogP contribution in [-0.4, -0.2) is 56.9 Å². The number of nitrogens with zero attached hydrogens (tertiary/aromatic N) is 2. The Balaban J connectivity index is 2.59. The molecule has 0 aromatic rings. The van der Waals surface area contributed by atoms with Gasteiger partial charge in [-0.25, -0.2) is 18.2 Å². The number of aliphatic imine (C=N–C) groups is 1. The van der Waals surface area contributed by atoms with E-state index in [4.69, 9.17) is 4.74 Å². The highest BCUT2D eigenvalue weighted by atomic mass is 32.2. The van der Waals surface area contributed by atoms with Crippen molar-refractivity contribution in [3.8, 4) is 0 Å². The monoisotopic (exact) mass is 276 g/mol. The van der Waals surface area contributed by atoms with Crippen molar-refractivity contribution >= 4 is 16.1 Å². The van der Waals surface area contributed by atoms with E-state index >= 15 is 0 Å². The van der Waals surface area contributed by atoms with Crippen LogP contribution < -0.4 is 0 Å².